The minimum Gasteiger partial charge on any atom is -0.481 e. The van der Waals surface area contributed by atoms with Crippen LogP contribution in [0.1, 0.15) is 25.7 Å². The van der Waals surface area contributed by atoms with E-state index in [1.807, 2.05) is 4.90 Å². The third-order valence-corrected chi connectivity index (χ3v) is 3.81. The number of methoxy groups -OCH3 is 1. The van der Waals surface area contributed by atoms with Gasteiger partial charge in [0.2, 0.25) is 0 Å². The van der Waals surface area contributed by atoms with Crippen molar-refractivity contribution in [3.8, 4) is 0 Å². The molecule has 1 heterocycles. The van der Waals surface area contributed by atoms with Gasteiger partial charge in [-0.3, -0.25) is 4.79 Å². The van der Waals surface area contributed by atoms with E-state index in [9.17, 15) is 9.59 Å². The van der Waals surface area contributed by atoms with Gasteiger partial charge in [-0.2, -0.15) is 0 Å². The van der Waals surface area contributed by atoms with E-state index in [1.165, 1.54) is 0 Å². The first kappa shape index (κ1) is 14.1. The van der Waals surface area contributed by atoms with Gasteiger partial charge in [0.25, 0.3) is 0 Å². The highest BCUT2D eigenvalue weighted by Gasteiger charge is 2.36. The summed E-state index contributed by atoms with van der Waals surface area (Å²) in [6, 6.07) is 0.304. The van der Waals surface area contributed by atoms with Crippen LogP contribution in [0.15, 0.2) is 0 Å². The Morgan fingerprint density at radius 2 is 2.11 bits per heavy atom. The van der Waals surface area contributed by atoms with Gasteiger partial charge in [-0.1, -0.05) is 0 Å². The van der Waals surface area contributed by atoms with E-state index < -0.39 is 11.9 Å². The maximum atomic E-state index is 12.5. The normalized spacial score (nSPS) is 23.2. The minimum absolute atomic E-state index is 0.0227. The Balaban J connectivity index is 1.94. The Kier molecular flexibility index (Phi) is 4.63. The standard InChI is InChI=1S/C13H22N2O4/c1-19-8-7-15(11-4-5-11)13(18)14-6-2-3-10(9-14)12(16)17/h10-11H,2-9H2,1H3,(H,16,17)/t10-/m1/s1. The molecular weight excluding hydrogens is 248 g/mol. The summed E-state index contributed by atoms with van der Waals surface area (Å²) in [6.07, 6.45) is 3.53. The van der Waals surface area contributed by atoms with Crippen molar-refractivity contribution in [2.45, 2.75) is 31.7 Å². The van der Waals surface area contributed by atoms with Gasteiger partial charge in [0, 0.05) is 32.8 Å². The van der Waals surface area contributed by atoms with Crippen LogP contribution in [0, 0.1) is 5.92 Å². The smallest absolute Gasteiger partial charge is 0.320 e. The highest BCUT2D eigenvalue weighted by Crippen LogP contribution is 2.28. The molecule has 0 aromatic heterocycles. The van der Waals surface area contributed by atoms with Crippen LogP contribution in [0.4, 0.5) is 4.79 Å². The van der Waals surface area contributed by atoms with E-state index >= 15 is 0 Å². The number of ether oxygens (including phenoxy) is 1. The minimum atomic E-state index is -0.799. The van der Waals surface area contributed by atoms with Gasteiger partial charge in [0.1, 0.15) is 0 Å². The van der Waals surface area contributed by atoms with Gasteiger partial charge in [0.05, 0.1) is 12.5 Å². The third kappa shape index (κ3) is 3.59. The van der Waals surface area contributed by atoms with E-state index in [-0.39, 0.29) is 6.03 Å². The number of piperidine rings is 1. The van der Waals surface area contributed by atoms with Crippen molar-refractivity contribution < 1.29 is 19.4 Å². The molecule has 1 saturated heterocycles. The lowest BCUT2D eigenvalue weighted by Crippen LogP contribution is -2.50. The average molecular weight is 270 g/mol. The predicted molar refractivity (Wildman–Crippen MR) is 68.9 cm³/mol. The van der Waals surface area contributed by atoms with Crippen LogP contribution in [0.5, 0.6) is 0 Å². The molecule has 0 unspecified atom stereocenters. The Bertz CT molecular complexity index is 344. The number of aliphatic carboxylic acids is 1. The van der Waals surface area contributed by atoms with E-state index in [0.717, 1.165) is 19.3 Å². The molecule has 108 valence electrons. The van der Waals surface area contributed by atoms with Crippen LogP contribution in [-0.2, 0) is 9.53 Å². The maximum Gasteiger partial charge on any atom is 0.320 e. The highest BCUT2D eigenvalue weighted by atomic mass is 16.5. The number of amides is 2. The second kappa shape index (κ2) is 6.23. The SMILES string of the molecule is COCCN(C(=O)N1CCC[C@@H](C(=O)O)C1)C1CC1. The summed E-state index contributed by atoms with van der Waals surface area (Å²) in [7, 11) is 1.62. The highest BCUT2D eigenvalue weighted by molar-refractivity contribution is 5.77. The Hall–Kier alpha value is -1.30. The molecule has 1 atom stereocenters. The monoisotopic (exact) mass is 270 g/mol. The van der Waals surface area contributed by atoms with E-state index in [0.29, 0.717) is 38.7 Å². The van der Waals surface area contributed by atoms with Crippen molar-refractivity contribution in [1.29, 1.82) is 0 Å². The molecule has 2 aliphatic rings. The number of nitrogens with zero attached hydrogens (tertiary/aromatic N) is 2. The van der Waals surface area contributed by atoms with Crippen molar-refractivity contribution >= 4 is 12.0 Å². The predicted octanol–water partition coefficient (Wildman–Crippen LogP) is 1.01. The Morgan fingerprint density at radius 1 is 1.37 bits per heavy atom. The van der Waals surface area contributed by atoms with Gasteiger partial charge in [-0.15, -0.1) is 0 Å². The van der Waals surface area contributed by atoms with Crippen LogP contribution in [0.25, 0.3) is 0 Å². The van der Waals surface area contributed by atoms with Crippen molar-refractivity contribution in [1.82, 2.24) is 9.80 Å². The molecule has 0 bridgehead atoms. The van der Waals surface area contributed by atoms with Crippen LogP contribution < -0.4 is 0 Å². The lowest BCUT2D eigenvalue weighted by molar-refractivity contribution is -0.143. The fraction of sp³-hybridized carbons (Fsp3) is 0.846. The first-order chi connectivity index (χ1) is 9.13. The van der Waals surface area contributed by atoms with Crippen molar-refractivity contribution in [3.05, 3.63) is 0 Å². The van der Waals surface area contributed by atoms with Crippen LogP contribution in [0.2, 0.25) is 0 Å². The van der Waals surface area contributed by atoms with E-state index in [1.54, 1.807) is 12.0 Å². The zero-order valence-corrected chi connectivity index (χ0v) is 11.4. The maximum absolute atomic E-state index is 12.5. The van der Waals surface area contributed by atoms with Crippen molar-refractivity contribution in [3.63, 3.8) is 0 Å². The number of likely N-dealkylation sites (tertiary alicyclic amines) is 1. The molecule has 2 fully saturated rings. The Morgan fingerprint density at radius 3 is 2.68 bits per heavy atom. The van der Waals surface area contributed by atoms with Crippen LogP contribution in [-0.4, -0.2) is 66.3 Å². The molecule has 0 radical (unpaired) electrons. The summed E-state index contributed by atoms with van der Waals surface area (Å²) in [6.45, 7) is 2.12. The summed E-state index contributed by atoms with van der Waals surface area (Å²) in [5, 5.41) is 9.07. The summed E-state index contributed by atoms with van der Waals surface area (Å²) in [5.41, 5.74) is 0. The largest absolute Gasteiger partial charge is 0.481 e. The molecule has 6 nitrogen and oxygen atoms in total. The topological polar surface area (TPSA) is 70.1 Å². The second-order valence-corrected chi connectivity index (χ2v) is 5.32. The van der Waals surface area contributed by atoms with Gasteiger partial charge in [-0.25, -0.2) is 4.79 Å². The molecule has 0 spiro atoms. The summed E-state index contributed by atoms with van der Waals surface area (Å²) < 4.78 is 5.04. The molecule has 1 N–H and O–H groups in total. The number of carboxylic acid groups (broad SMARTS) is 1. The van der Waals surface area contributed by atoms with E-state index in [4.69, 9.17) is 9.84 Å². The van der Waals surface area contributed by atoms with Gasteiger partial charge in [-0.05, 0) is 25.7 Å². The number of hydrogen-bond acceptors (Lipinski definition) is 3. The van der Waals surface area contributed by atoms with Crippen molar-refractivity contribution in [2.75, 3.05) is 33.4 Å². The summed E-state index contributed by atoms with van der Waals surface area (Å²) in [5.74, 6) is -1.21. The molecule has 2 rings (SSSR count). The third-order valence-electron chi connectivity index (χ3n) is 3.81. The fourth-order valence-electron chi connectivity index (χ4n) is 2.54. The number of carbonyl (C=O) groups is 2. The molecule has 1 aliphatic heterocycles. The lowest BCUT2D eigenvalue weighted by atomic mass is 9.98. The van der Waals surface area contributed by atoms with E-state index in [2.05, 4.69) is 0 Å². The quantitative estimate of drug-likeness (QED) is 0.809. The van der Waals surface area contributed by atoms with Gasteiger partial charge < -0.3 is 19.6 Å². The molecule has 6 heteroatoms. The molecular formula is C13H22N2O4. The number of carbonyl (C=O) groups excluding carboxylic acids is 1. The average Bonchev–Trinajstić information content (AvgIpc) is 3.23. The molecule has 19 heavy (non-hydrogen) atoms. The molecule has 2 amide bonds. The zero-order chi connectivity index (χ0) is 13.8. The fourth-order valence-corrected chi connectivity index (χ4v) is 2.54. The summed E-state index contributed by atoms with van der Waals surface area (Å²) >= 11 is 0. The Labute approximate surface area is 113 Å². The van der Waals surface area contributed by atoms with Gasteiger partial charge in [0.15, 0.2) is 0 Å². The number of hydrogen-bond donors (Lipinski definition) is 1. The lowest BCUT2D eigenvalue weighted by Gasteiger charge is -2.35. The molecule has 1 aliphatic carbocycles. The molecule has 0 aromatic rings. The van der Waals surface area contributed by atoms with Gasteiger partial charge >= 0.3 is 12.0 Å². The molecule has 1 saturated carbocycles. The van der Waals surface area contributed by atoms with Crippen LogP contribution in [0.3, 0.4) is 0 Å². The number of rotatable bonds is 5. The van der Waals surface area contributed by atoms with Crippen LogP contribution >= 0.6 is 0 Å². The zero-order valence-electron chi connectivity index (χ0n) is 11.4. The second-order valence-electron chi connectivity index (χ2n) is 5.32. The van der Waals surface area contributed by atoms with Crippen molar-refractivity contribution in [2.24, 2.45) is 5.92 Å². The first-order valence-corrected chi connectivity index (χ1v) is 6.90. The summed E-state index contributed by atoms with van der Waals surface area (Å²) in [4.78, 5) is 27.0. The number of carboxylic acids is 1. The molecule has 0 aromatic carbocycles. The first-order valence-electron chi connectivity index (χ1n) is 6.90. The number of urea groups is 1.